The van der Waals surface area contributed by atoms with Crippen LogP contribution in [-0.4, -0.2) is 70.4 Å². The lowest BCUT2D eigenvalue weighted by Crippen LogP contribution is -2.55. The molecule has 0 bridgehead atoms. The van der Waals surface area contributed by atoms with E-state index in [2.05, 4.69) is 9.88 Å². The molecule has 3 rings (SSSR count). The summed E-state index contributed by atoms with van der Waals surface area (Å²) in [6.07, 6.45) is -6.26. The summed E-state index contributed by atoms with van der Waals surface area (Å²) in [6, 6.07) is 10.0. The molecule has 1 amide bonds. The molecule has 1 aromatic heterocycles. The van der Waals surface area contributed by atoms with Crippen LogP contribution in [0.1, 0.15) is 24.8 Å². The smallest absolute Gasteiger partial charge is 0.383 e. The largest absolute Gasteiger partial charge is 0.419 e. The number of alkyl halides is 4. The topological polar surface area (TPSA) is 85.5 Å². The van der Waals surface area contributed by atoms with E-state index in [4.69, 9.17) is 10.5 Å². The van der Waals surface area contributed by atoms with Gasteiger partial charge in [-0.05, 0) is 49.4 Å². The lowest BCUT2D eigenvalue weighted by Gasteiger charge is -2.38. The van der Waals surface area contributed by atoms with Gasteiger partial charge in [-0.15, -0.1) is 0 Å². The minimum Gasteiger partial charge on any atom is -0.383 e. The predicted molar refractivity (Wildman–Crippen MR) is 125 cm³/mol. The van der Waals surface area contributed by atoms with Gasteiger partial charge in [0, 0.05) is 43.4 Å². The first-order valence-corrected chi connectivity index (χ1v) is 12.4. The summed E-state index contributed by atoms with van der Waals surface area (Å²) in [5.74, 6) is -0.579. The van der Waals surface area contributed by atoms with Crippen molar-refractivity contribution in [1.29, 1.82) is 0 Å². The normalized spacial score (nSPS) is 18.2. The number of benzene rings is 1. The van der Waals surface area contributed by atoms with Gasteiger partial charge in [0.1, 0.15) is 4.75 Å². The number of halogens is 4. The van der Waals surface area contributed by atoms with Crippen molar-refractivity contribution in [3.63, 3.8) is 0 Å². The summed E-state index contributed by atoms with van der Waals surface area (Å²) >= 11 is 0. The summed E-state index contributed by atoms with van der Waals surface area (Å²) in [4.78, 5) is 19.3. The molecule has 2 unspecified atom stereocenters. The molecule has 35 heavy (non-hydrogen) atoms. The molecule has 6 nitrogen and oxygen atoms in total. The number of methoxy groups -OCH3 is 1. The number of carbonyl (C=O) groups excluding carboxylic acids is 1. The number of primary amides is 1. The predicted octanol–water partition coefficient (Wildman–Crippen LogP) is 3.66. The third kappa shape index (κ3) is 6.65. The van der Waals surface area contributed by atoms with Gasteiger partial charge in [-0.1, -0.05) is 18.2 Å². The van der Waals surface area contributed by atoms with Crippen molar-refractivity contribution in [3.05, 3.63) is 48.2 Å². The van der Waals surface area contributed by atoms with Gasteiger partial charge in [0.2, 0.25) is 5.91 Å². The van der Waals surface area contributed by atoms with Gasteiger partial charge in [0.15, 0.2) is 6.17 Å². The molecule has 0 radical (unpaired) electrons. The third-order valence-corrected chi connectivity index (χ3v) is 8.33. The summed E-state index contributed by atoms with van der Waals surface area (Å²) in [7, 11) is -0.0179. The first kappa shape index (κ1) is 27.2. The van der Waals surface area contributed by atoms with Crippen molar-refractivity contribution >= 4 is 16.7 Å². The molecule has 0 aliphatic carbocycles. The lowest BCUT2D eigenvalue weighted by atomic mass is 9.95. The summed E-state index contributed by atoms with van der Waals surface area (Å²) < 4.78 is 67.5. The van der Waals surface area contributed by atoms with Crippen molar-refractivity contribution in [1.82, 2.24) is 9.88 Å². The fraction of sp³-hybridized carbons (Fsp3) is 0.500. The van der Waals surface area contributed by atoms with Gasteiger partial charge in [0.05, 0.1) is 23.1 Å². The number of aromatic nitrogens is 1. The van der Waals surface area contributed by atoms with Gasteiger partial charge in [-0.2, -0.15) is 13.2 Å². The van der Waals surface area contributed by atoms with Crippen LogP contribution < -0.4 is 5.73 Å². The number of hydrogen-bond donors (Lipinski definition) is 1. The number of pyridine rings is 1. The molecule has 2 aromatic rings. The first-order valence-electron chi connectivity index (χ1n) is 11.3. The number of aryl methyl sites for hydroxylation is 1. The van der Waals surface area contributed by atoms with Gasteiger partial charge in [-0.3, -0.25) is 14.0 Å². The fourth-order valence-corrected chi connectivity index (χ4v) is 5.63. The zero-order valence-electron chi connectivity index (χ0n) is 19.4. The van der Waals surface area contributed by atoms with E-state index in [1.54, 1.807) is 43.5 Å². The van der Waals surface area contributed by atoms with E-state index in [0.717, 1.165) is 6.54 Å². The van der Waals surface area contributed by atoms with Gasteiger partial charge in [0.25, 0.3) is 0 Å². The van der Waals surface area contributed by atoms with Crippen LogP contribution in [0.2, 0.25) is 0 Å². The van der Waals surface area contributed by atoms with Crippen LogP contribution in [0.4, 0.5) is 17.6 Å². The van der Waals surface area contributed by atoms with Crippen molar-refractivity contribution < 1.29 is 31.3 Å². The van der Waals surface area contributed by atoms with Crippen molar-refractivity contribution in [3.8, 4) is 11.3 Å². The van der Waals surface area contributed by atoms with Crippen LogP contribution >= 0.6 is 0 Å². The zero-order valence-corrected chi connectivity index (χ0v) is 20.2. The Kier molecular flexibility index (Phi) is 9.00. The Balaban J connectivity index is 1.66. The fourth-order valence-electron chi connectivity index (χ4n) is 4.06. The Hall–Kier alpha value is -2.37. The Bertz CT molecular complexity index is 1010. The van der Waals surface area contributed by atoms with Crippen LogP contribution in [0.5, 0.6) is 0 Å². The van der Waals surface area contributed by atoms with Crippen molar-refractivity contribution in [2.24, 2.45) is 5.73 Å². The van der Waals surface area contributed by atoms with E-state index in [1.165, 1.54) is 6.20 Å². The van der Waals surface area contributed by atoms with E-state index < -0.39 is 40.2 Å². The number of likely N-dealkylation sites (tertiary alicyclic amines) is 1. The molecule has 1 aliphatic heterocycles. The molecule has 0 spiro atoms. The Labute approximate surface area is 204 Å². The molecule has 1 saturated heterocycles. The van der Waals surface area contributed by atoms with Crippen LogP contribution in [0.25, 0.3) is 11.3 Å². The molecular weight excluding hydrogens is 486 g/mol. The Morgan fingerprint density at radius 3 is 2.37 bits per heavy atom. The zero-order chi connectivity index (χ0) is 25.6. The average Bonchev–Trinajstić information content (AvgIpc) is 2.85. The summed E-state index contributed by atoms with van der Waals surface area (Å²) in [5, 5.41) is 0. The Morgan fingerprint density at radius 2 is 1.86 bits per heavy atom. The van der Waals surface area contributed by atoms with E-state index in [0.29, 0.717) is 54.3 Å². The van der Waals surface area contributed by atoms with E-state index in [9.17, 15) is 26.6 Å². The minimum absolute atomic E-state index is 0.0794. The number of amides is 1. The molecule has 2 atom stereocenters. The number of piperidine rings is 1. The maximum atomic E-state index is 13.4. The van der Waals surface area contributed by atoms with E-state index in [-0.39, 0.29) is 6.42 Å². The summed E-state index contributed by atoms with van der Waals surface area (Å²) in [5.41, 5.74) is 7.49. The molecule has 2 N–H and O–H groups in total. The highest BCUT2D eigenvalue weighted by molar-refractivity contribution is 7.87. The van der Waals surface area contributed by atoms with Gasteiger partial charge < -0.3 is 15.4 Å². The number of rotatable bonds is 10. The maximum Gasteiger partial charge on any atom is 0.419 e. The van der Waals surface area contributed by atoms with E-state index in [1.807, 2.05) is 0 Å². The van der Waals surface area contributed by atoms with Gasteiger partial charge in [-0.25, -0.2) is 4.39 Å². The molecule has 11 heteroatoms. The monoisotopic (exact) mass is 515 g/mol. The molecule has 1 aliphatic rings. The van der Waals surface area contributed by atoms with Gasteiger partial charge >= 0.3 is 6.18 Å². The average molecular weight is 516 g/mol. The number of ether oxygens (including phenoxy) is 1. The first-order chi connectivity index (χ1) is 16.6. The standard InChI is InChI=1S/C24H29F4N3O3S/c1-34-15-14-31-12-10-23(11-13-31,22(29)32)35(33)19-6-4-18(5-7-19)20-8-2-17(16-30-20)3-9-21(25)24(26,27)28/h2,4-8,16,21H,3,9-15H2,1H3,(H2,29,32). The number of nitrogens with zero attached hydrogens (tertiary/aromatic N) is 2. The molecule has 1 fully saturated rings. The molecular formula is C24H29F4N3O3S. The highest BCUT2D eigenvalue weighted by Crippen LogP contribution is 2.33. The second-order valence-electron chi connectivity index (χ2n) is 8.59. The van der Waals surface area contributed by atoms with E-state index >= 15 is 0 Å². The highest BCUT2D eigenvalue weighted by Gasteiger charge is 2.46. The van der Waals surface area contributed by atoms with Crippen molar-refractivity contribution in [2.75, 3.05) is 33.4 Å². The van der Waals surface area contributed by atoms with Crippen LogP contribution in [0, 0.1) is 0 Å². The molecule has 192 valence electrons. The minimum atomic E-state index is -4.86. The molecule has 1 aromatic carbocycles. The number of nitrogens with two attached hydrogens (primary N) is 1. The maximum absolute atomic E-state index is 13.4. The van der Waals surface area contributed by atoms with Crippen LogP contribution in [0.3, 0.4) is 0 Å². The number of carbonyl (C=O) groups is 1. The summed E-state index contributed by atoms with van der Waals surface area (Å²) in [6.45, 7) is 2.50. The molecule has 0 saturated carbocycles. The second-order valence-corrected chi connectivity index (χ2v) is 10.4. The van der Waals surface area contributed by atoms with Crippen LogP contribution in [-0.2, 0) is 26.8 Å². The lowest BCUT2D eigenvalue weighted by molar-refractivity contribution is -0.181. The third-order valence-electron chi connectivity index (χ3n) is 6.31. The molecule has 2 heterocycles. The van der Waals surface area contributed by atoms with Crippen molar-refractivity contribution in [2.45, 2.75) is 47.7 Å². The van der Waals surface area contributed by atoms with Crippen LogP contribution in [0.15, 0.2) is 47.5 Å². The second kappa shape index (κ2) is 11.6. The highest BCUT2D eigenvalue weighted by atomic mass is 32.2. The number of hydrogen-bond acceptors (Lipinski definition) is 5. The Morgan fingerprint density at radius 1 is 1.20 bits per heavy atom. The quantitative estimate of drug-likeness (QED) is 0.489. The SMILES string of the molecule is COCCN1CCC(C(N)=O)(S(=O)c2ccc(-c3ccc(CCC(F)C(F)(F)F)cn3)cc2)CC1.